The van der Waals surface area contributed by atoms with Gasteiger partial charge in [0.15, 0.2) is 5.16 Å². The average molecular weight is 453 g/mol. The summed E-state index contributed by atoms with van der Waals surface area (Å²) in [4.78, 5) is 33.7. The van der Waals surface area contributed by atoms with Crippen LogP contribution in [-0.2, 0) is 11.2 Å². The highest BCUT2D eigenvalue weighted by Crippen LogP contribution is 2.34. The molecule has 8 heteroatoms. The Bertz CT molecular complexity index is 1170. The van der Waals surface area contributed by atoms with Crippen LogP contribution >= 0.6 is 23.1 Å². The van der Waals surface area contributed by atoms with Gasteiger partial charge in [0.1, 0.15) is 0 Å². The summed E-state index contributed by atoms with van der Waals surface area (Å²) in [6.45, 7) is 5.80. The minimum atomic E-state index is -0.137. The van der Waals surface area contributed by atoms with Gasteiger partial charge >= 0.3 is 0 Å². The van der Waals surface area contributed by atoms with Crippen LogP contribution in [0.1, 0.15) is 46.6 Å². The van der Waals surface area contributed by atoms with E-state index in [0.29, 0.717) is 29.3 Å². The van der Waals surface area contributed by atoms with E-state index >= 15 is 0 Å². The molecule has 0 bridgehead atoms. The van der Waals surface area contributed by atoms with Gasteiger partial charge in [-0.2, -0.15) is 5.10 Å². The summed E-state index contributed by atoms with van der Waals surface area (Å²) in [6, 6.07) is 12.1. The number of thioether (sulfide) groups is 1. The molecule has 0 radical (unpaired) electrons. The molecule has 160 valence electrons. The number of thiophene rings is 1. The summed E-state index contributed by atoms with van der Waals surface area (Å²) < 4.78 is 0. The molecular weight excluding hydrogens is 428 g/mol. The first-order valence-corrected chi connectivity index (χ1v) is 12.1. The predicted octanol–water partition coefficient (Wildman–Crippen LogP) is 4.48. The quantitative estimate of drug-likeness (QED) is 0.442. The SMILES string of the molecule is CCc1c(C)nc(SCC(=O)N2N=C(c3cccs3)C[C@H]2c2ccc(C)cc2)[nH]c1=O. The molecule has 0 spiro atoms. The molecule has 1 N–H and O–H groups in total. The standard InChI is InChI=1S/C23H24N4O2S2/c1-4-17-15(3)24-23(25-22(17)29)31-13-21(28)27-19(16-9-7-14(2)8-10-16)12-18(26-27)20-6-5-11-30-20/h5-11,19H,4,12-13H2,1-3H3,(H,24,25,29)/t19-/m0/s1. The van der Waals surface area contributed by atoms with E-state index in [9.17, 15) is 9.59 Å². The molecule has 1 aromatic carbocycles. The van der Waals surface area contributed by atoms with Gasteiger partial charge < -0.3 is 4.98 Å². The molecule has 0 fully saturated rings. The highest BCUT2D eigenvalue weighted by molar-refractivity contribution is 7.99. The fourth-order valence-electron chi connectivity index (χ4n) is 3.65. The number of aromatic amines is 1. The number of rotatable bonds is 6. The van der Waals surface area contributed by atoms with Crippen molar-refractivity contribution in [3.05, 3.63) is 79.4 Å². The molecule has 3 heterocycles. The molecule has 31 heavy (non-hydrogen) atoms. The van der Waals surface area contributed by atoms with Crippen molar-refractivity contribution in [2.24, 2.45) is 5.10 Å². The molecule has 2 aromatic heterocycles. The van der Waals surface area contributed by atoms with Crippen LogP contribution in [0.2, 0.25) is 0 Å². The molecule has 1 aliphatic heterocycles. The molecule has 1 aliphatic rings. The molecule has 1 atom stereocenters. The van der Waals surface area contributed by atoms with Crippen molar-refractivity contribution in [2.45, 2.75) is 44.8 Å². The van der Waals surface area contributed by atoms with E-state index in [1.165, 1.54) is 17.3 Å². The summed E-state index contributed by atoms with van der Waals surface area (Å²) in [5, 5.41) is 8.76. The summed E-state index contributed by atoms with van der Waals surface area (Å²) in [7, 11) is 0. The van der Waals surface area contributed by atoms with Gasteiger partial charge in [-0.3, -0.25) is 9.59 Å². The molecule has 6 nitrogen and oxygen atoms in total. The Morgan fingerprint density at radius 3 is 2.68 bits per heavy atom. The summed E-state index contributed by atoms with van der Waals surface area (Å²) in [5.74, 6) is 0.0410. The van der Waals surface area contributed by atoms with Crippen molar-refractivity contribution in [1.82, 2.24) is 15.0 Å². The van der Waals surface area contributed by atoms with Crippen LogP contribution in [0.25, 0.3) is 0 Å². The average Bonchev–Trinajstić information content (AvgIpc) is 3.42. The Morgan fingerprint density at radius 1 is 1.26 bits per heavy atom. The topological polar surface area (TPSA) is 78.4 Å². The molecule has 0 aliphatic carbocycles. The van der Waals surface area contributed by atoms with Gasteiger partial charge in [-0.25, -0.2) is 9.99 Å². The third kappa shape index (κ3) is 4.65. The van der Waals surface area contributed by atoms with E-state index in [1.807, 2.05) is 38.3 Å². The number of H-pyrrole nitrogens is 1. The van der Waals surface area contributed by atoms with Crippen molar-refractivity contribution in [3.8, 4) is 0 Å². The van der Waals surface area contributed by atoms with Gasteiger partial charge in [-0.1, -0.05) is 54.6 Å². The number of nitrogens with one attached hydrogen (secondary N) is 1. The summed E-state index contributed by atoms with van der Waals surface area (Å²) >= 11 is 2.86. The first kappa shape index (κ1) is 21.5. The van der Waals surface area contributed by atoms with Gasteiger partial charge in [0, 0.05) is 17.7 Å². The lowest BCUT2D eigenvalue weighted by Gasteiger charge is -2.22. The molecule has 3 aromatic rings. The minimum absolute atomic E-state index is 0.109. The van der Waals surface area contributed by atoms with Gasteiger partial charge in [-0.05, 0) is 37.3 Å². The van der Waals surface area contributed by atoms with E-state index in [1.54, 1.807) is 16.3 Å². The smallest absolute Gasteiger partial charge is 0.254 e. The van der Waals surface area contributed by atoms with Gasteiger partial charge in [-0.15, -0.1) is 11.3 Å². The van der Waals surface area contributed by atoms with E-state index in [0.717, 1.165) is 16.2 Å². The number of amides is 1. The second-order valence-electron chi connectivity index (χ2n) is 7.47. The Hall–Kier alpha value is -2.71. The van der Waals surface area contributed by atoms with Gasteiger partial charge in [0.25, 0.3) is 11.5 Å². The molecule has 0 unspecified atom stereocenters. The zero-order valence-corrected chi connectivity index (χ0v) is 19.3. The second kappa shape index (κ2) is 9.20. The van der Waals surface area contributed by atoms with E-state index in [4.69, 9.17) is 5.10 Å². The van der Waals surface area contributed by atoms with Crippen LogP contribution < -0.4 is 5.56 Å². The number of hydrogen-bond acceptors (Lipinski definition) is 6. The fourth-order valence-corrected chi connectivity index (χ4v) is 5.13. The zero-order valence-electron chi connectivity index (χ0n) is 17.7. The van der Waals surface area contributed by atoms with Crippen molar-refractivity contribution >= 4 is 34.7 Å². The van der Waals surface area contributed by atoms with Crippen molar-refractivity contribution in [3.63, 3.8) is 0 Å². The van der Waals surface area contributed by atoms with Crippen molar-refractivity contribution in [2.75, 3.05) is 5.75 Å². The third-order valence-electron chi connectivity index (χ3n) is 5.32. The van der Waals surface area contributed by atoms with Gasteiger partial charge in [0.05, 0.1) is 22.4 Å². The van der Waals surface area contributed by atoms with Crippen molar-refractivity contribution < 1.29 is 4.79 Å². The van der Waals surface area contributed by atoms with Crippen LogP contribution in [0.4, 0.5) is 0 Å². The minimum Gasteiger partial charge on any atom is -0.301 e. The fraction of sp³-hybridized carbons (Fsp3) is 0.304. The number of hydrogen-bond donors (Lipinski definition) is 1. The lowest BCUT2D eigenvalue weighted by atomic mass is 10.00. The van der Waals surface area contributed by atoms with E-state index < -0.39 is 0 Å². The lowest BCUT2D eigenvalue weighted by Crippen LogP contribution is -2.29. The number of aromatic nitrogens is 2. The Balaban J connectivity index is 1.56. The van der Waals surface area contributed by atoms with Gasteiger partial charge in [0.2, 0.25) is 0 Å². The highest BCUT2D eigenvalue weighted by Gasteiger charge is 2.33. The number of benzene rings is 1. The van der Waals surface area contributed by atoms with E-state index in [-0.39, 0.29) is 23.3 Å². The predicted molar refractivity (Wildman–Crippen MR) is 126 cm³/mol. The first-order chi connectivity index (χ1) is 15.0. The molecule has 1 amide bonds. The molecule has 0 saturated heterocycles. The van der Waals surface area contributed by atoms with Crippen LogP contribution in [0.5, 0.6) is 0 Å². The van der Waals surface area contributed by atoms with Crippen LogP contribution in [0.15, 0.2) is 56.8 Å². The van der Waals surface area contributed by atoms with Crippen molar-refractivity contribution in [1.29, 1.82) is 0 Å². The number of aryl methyl sites for hydroxylation is 2. The Labute approximate surface area is 189 Å². The van der Waals surface area contributed by atoms with Crippen LogP contribution in [0, 0.1) is 13.8 Å². The number of nitrogens with zero attached hydrogens (tertiary/aromatic N) is 3. The van der Waals surface area contributed by atoms with E-state index in [2.05, 4.69) is 34.2 Å². The highest BCUT2D eigenvalue weighted by atomic mass is 32.2. The zero-order chi connectivity index (χ0) is 22.0. The normalized spacial score (nSPS) is 15.9. The Kier molecular flexibility index (Phi) is 6.38. The second-order valence-corrected chi connectivity index (χ2v) is 9.38. The number of carbonyl (C=O) groups excluding carboxylic acids is 1. The monoisotopic (exact) mass is 452 g/mol. The van der Waals surface area contributed by atoms with Crippen LogP contribution in [0.3, 0.4) is 0 Å². The maximum absolute atomic E-state index is 13.2. The lowest BCUT2D eigenvalue weighted by molar-refractivity contribution is -0.130. The van der Waals surface area contributed by atoms with Crippen LogP contribution in [-0.4, -0.2) is 32.3 Å². The molecular formula is C23H24N4O2S2. The first-order valence-electron chi connectivity index (χ1n) is 10.2. The Morgan fingerprint density at radius 2 is 2.03 bits per heavy atom. The summed E-state index contributed by atoms with van der Waals surface area (Å²) in [5.41, 5.74) is 4.41. The third-order valence-corrected chi connectivity index (χ3v) is 7.10. The maximum Gasteiger partial charge on any atom is 0.254 e. The number of hydrazone groups is 1. The maximum atomic E-state index is 13.2. The molecule has 4 rings (SSSR count). The summed E-state index contributed by atoms with van der Waals surface area (Å²) in [6.07, 6.45) is 1.31. The number of carbonyl (C=O) groups is 1. The largest absolute Gasteiger partial charge is 0.301 e. The molecule has 0 saturated carbocycles.